The average molecular weight is 522 g/mol. The van der Waals surface area contributed by atoms with Gasteiger partial charge >= 0.3 is 0 Å². The molecule has 0 spiro atoms. The SMILES string of the molecule is Cc1cnc(OCC(=O)NC2CCC(F)(CCN3CCc4ccc(OCC(F)F)nc4CC3)CC2)cn1. The summed E-state index contributed by atoms with van der Waals surface area (Å²) in [7, 11) is 0. The first-order valence-electron chi connectivity index (χ1n) is 12.8. The number of aryl methyl sites for hydroxylation is 1. The Hall–Kier alpha value is -2.95. The minimum Gasteiger partial charge on any atom is -0.472 e. The number of carbonyl (C=O) groups is 1. The maximum absolute atomic E-state index is 15.5. The average Bonchev–Trinajstić information content (AvgIpc) is 3.09. The van der Waals surface area contributed by atoms with Gasteiger partial charge in [-0.05, 0) is 51.0 Å². The highest BCUT2D eigenvalue weighted by atomic mass is 19.3. The van der Waals surface area contributed by atoms with Gasteiger partial charge in [0.1, 0.15) is 5.67 Å². The molecule has 1 N–H and O–H groups in total. The van der Waals surface area contributed by atoms with Crippen LogP contribution < -0.4 is 14.8 Å². The summed E-state index contributed by atoms with van der Waals surface area (Å²) in [6.07, 6.45) is 4.38. The van der Waals surface area contributed by atoms with E-state index in [1.54, 1.807) is 12.3 Å². The lowest BCUT2D eigenvalue weighted by Crippen LogP contribution is -2.44. The number of rotatable bonds is 10. The molecular formula is C26H34F3N5O3. The smallest absolute Gasteiger partial charge is 0.272 e. The minimum atomic E-state index is -2.54. The lowest BCUT2D eigenvalue weighted by atomic mass is 9.81. The summed E-state index contributed by atoms with van der Waals surface area (Å²) >= 11 is 0. The highest BCUT2D eigenvalue weighted by Gasteiger charge is 2.36. The van der Waals surface area contributed by atoms with Gasteiger partial charge in [-0.3, -0.25) is 9.78 Å². The van der Waals surface area contributed by atoms with E-state index in [2.05, 4.69) is 25.2 Å². The van der Waals surface area contributed by atoms with Crippen molar-refractivity contribution in [1.82, 2.24) is 25.2 Å². The summed E-state index contributed by atoms with van der Waals surface area (Å²) < 4.78 is 50.8. The first-order valence-corrected chi connectivity index (χ1v) is 12.8. The summed E-state index contributed by atoms with van der Waals surface area (Å²) in [5.74, 6) is 0.258. The van der Waals surface area contributed by atoms with E-state index in [9.17, 15) is 13.6 Å². The van der Waals surface area contributed by atoms with Gasteiger partial charge in [0.2, 0.25) is 11.8 Å². The molecule has 0 aromatic carbocycles. The third-order valence-corrected chi connectivity index (χ3v) is 6.99. The highest BCUT2D eigenvalue weighted by molar-refractivity contribution is 5.77. The van der Waals surface area contributed by atoms with E-state index in [4.69, 9.17) is 9.47 Å². The van der Waals surface area contributed by atoms with Crippen LogP contribution in [0.5, 0.6) is 11.8 Å². The molecule has 0 unspecified atom stereocenters. The van der Waals surface area contributed by atoms with E-state index in [-0.39, 0.29) is 24.4 Å². The first kappa shape index (κ1) is 27.1. The van der Waals surface area contributed by atoms with Gasteiger partial charge in [0.15, 0.2) is 13.2 Å². The fraction of sp³-hybridized carbons (Fsp3) is 0.615. The van der Waals surface area contributed by atoms with E-state index in [0.29, 0.717) is 50.9 Å². The van der Waals surface area contributed by atoms with E-state index in [1.807, 2.05) is 13.0 Å². The van der Waals surface area contributed by atoms with Crippen molar-refractivity contribution < 1.29 is 27.4 Å². The van der Waals surface area contributed by atoms with Crippen LogP contribution >= 0.6 is 0 Å². The molecule has 1 saturated carbocycles. The summed E-state index contributed by atoms with van der Waals surface area (Å²) in [5.41, 5.74) is 1.46. The molecule has 202 valence electrons. The molecule has 11 heteroatoms. The maximum atomic E-state index is 15.5. The van der Waals surface area contributed by atoms with Gasteiger partial charge in [-0.15, -0.1) is 0 Å². The number of hydrogen-bond donors (Lipinski definition) is 1. The third kappa shape index (κ3) is 8.28. The van der Waals surface area contributed by atoms with Crippen molar-refractivity contribution >= 4 is 5.91 Å². The standard InChI is InChI=1S/C26H34F3N5O3/c1-18-14-31-25(15-30-18)37-17-23(35)32-20-4-8-26(29,9-5-20)10-13-34-11-6-19-2-3-24(36-16-22(27)28)33-21(19)7-12-34/h2-3,14-15,20,22H,4-13,16-17H2,1H3,(H,32,35). The predicted octanol–water partition coefficient (Wildman–Crippen LogP) is 3.46. The molecule has 0 radical (unpaired) electrons. The van der Waals surface area contributed by atoms with Crippen molar-refractivity contribution in [1.29, 1.82) is 0 Å². The van der Waals surface area contributed by atoms with Gasteiger partial charge in [-0.2, -0.15) is 0 Å². The number of fused-ring (bicyclic) bond motifs is 1. The number of pyridine rings is 1. The first-order chi connectivity index (χ1) is 17.8. The van der Waals surface area contributed by atoms with E-state index in [0.717, 1.165) is 36.5 Å². The topological polar surface area (TPSA) is 89.5 Å². The Balaban J connectivity index is 1.16. The Kier molecular flexibility index (Phi) is 9.18. The molecule has 3 heterocycles. The van der Waals surface area contributed by atoms with Crippen LogP contribution in [0.25, 0.3) is 0 Å². The summed E-state index contributed by atoms with van der Waals surface area (Å²) in [5, 5.41) is 2.93. The molecule has 2 aromatic heterocycles. The Morgan fingerprint density at radius 3 is 2.65 bits per heavy atom. The van der Waals surface area contributed by atoms with Gasteiger partial charge < -0.3 is 19.7 Å². The molecule has 0 bridgehead atoms. The molecule has 37 heavy (non-hydrogen) atoms. The molecule has 1 aliphatic carbocycles. The Bertz CT molecular complexity index is 1030. The quantitative estimate of drug-likeness (QED) is 0.512. The van der Waals surface area contributed by atoms with Crippen molar-refractivity contribution in [3.63, 3.8) is 0 Å². The molecule has 2 aromatic rings. The summed E-state index contributed by atoms with van der Waals surface area (Å²) in [6.45, 7) is 3.17. The summed E-state index contributed by atoms with van der Waals surface area (Å²) in [4.78, 5) is 27.0. The number of amides is 1. The molecule has 2 aliphatic rings. The van der Waals surface area contributed by atoms with E-state index >= 15 is 4.39 Å². The van der Waals surface area contributed by atoms with Crippen molar-refractivity contribution in [3.8, 4) is 11.8 Å². The molecule has 1 aliphatic heterocycles. The number of aromatic nitrogens is 3. The van der Waals surface area contributed by atoms with E-state index < -0.39 is 18.7 Å². The molecule has 8 nitrogen and oxygen atoms in total. The van der Waals surface area contributed by atoms with Crippen LogP contribution in [-0.2, 0) is 17.6 Å². The van der Waals surface area contributed by atoms with Crippen molar-refractivity contribution in [2.45, 2.75) is 70.0 Å². The van der Waals surface area contributed by atoms with Crippen molar-refractivity contribution in [3.05, 3.63) is 41.5 Å². The third-order valence-electron chi connectivity index (χ3n) is 6.99. The van der Waals surface area contributed by atoms with Gasteiger partial charge in [0, 0.05) is 43.9 Å². The number of hydrogen-bond acceptors (Lipinski definition) is 7. The van der Waals surface area contributed by atoms with Crippen LogP contribution in [-0.4, -0.2) is 76.7 Å². The fourth-order valence-electron chi connectivity index (χ4n) is 4.81. The number of alkyl halides is 3. The van der Waals surface area contributed by atoms with E-state index in [1.165, 1.54) is 6.20 Å². The zero-order valence-electron chi connectivity index (χ0n) is 21.1. The minimum absolute atomic E-state index is 0.0654. The lowest BCUT2D eigenvalue weighted by molar-refractivity contribution is -0.124. The second-order valence-electron chi connectivity index (χ2n) is 9.83. The number of ether oxygens (including phenoxy) is 2. The molecule has 0 atom stereocenters. The second kappa shape index (κ2) is 12.5. The van der Waals surface area contributed by atoms with Gasteiger partial charge in [-0.25, -0.2) is 23.1 Å². The fourth-order valence-corrected chi connectivity index (χ4v) is 4.81. The molecular weight excluding hydrogens is 487 g/mol. The molecule has 1 fully saturated rings. The second-order valence-corrected chi connectivity index (χ2v) is 9.83. The highest BCUT2D eigenvalue weighted by Crippen LogP contribution is 2.35. The molecule has 1 amide bonds. The van der Waals surface area contributed by atoms with Crippen molar-refractivity contribution in [2.24, 2.45) is 0 Å². The van der Waals surface area contributed by atoms with Crippen LogP contribution in [0.15, 0.2) is 24.5 Å². The Morgan fingerprint density at radius 2 is 1.92 bits per heavy atom. The number of halogens is 3. The Morgan fingerprint density at radius 1 is 1.14 bits per heavy atom. The van der Waals surface area contributed by atoms with Crippen LogP contribution in [0.1, 0.15) is 49.1 Å². The zero-order chi connectivity index (χ0) is 26.3. The zero-order valence-corrected chi connectivity index (χ0v) is 21.1. The normalized spacial score (nSPS) is 22.2. The largest absolute Gasteiger partial charge is 0.472 e. The van der Waals surface area contributed by atoms with Crippen LogP contribution in [0.4, 0.5) is 13.2 Å². The van der Waals surface area contributed by atoms with Gasteiger partial charge in [0.25, 0.3) is 12.3 Å². The summed E-state index contributed by atoms with van der Waals surface area (Å²) in [6, 6.07) is 3.45. The van der Waals surface area contributed by atoms with Crippen LogP contribution in [0.2, 0.25) is 0 Å². The number of nitrogens with zero attached hydrogens (tertiary/aromatic N) is 4. The van der Waals surface area contributed by atoms with Gasteiger partial charge in [0.05, 0.1) is 18.1 Å². The Labute approximate surface area is 215 Å². The molecule has 4 rings (SSSR count). The molecule has 0 saturated heterocycles. The van der Waals surface area contributed by atoms with Crippen LogP contribution in [0.3, 0.4) is 0 Å². The monoisotopic (exact) mass is 521 g/mol. The lowest BCUT2D eigenvalue weighted by Gasteiger charge is -2.35. The predicted molar refractivity (Wildman–Crippen MR) is 131 cm³/mol. The van der Waals surface area contributed by atoms with Crippen LogP contribution in [0, 0.1) is 6.92 Å². The van der Waals surface area contributed by atoms with Crippen molar-refractivity contribution in [2.75, 3.05) is 32.8 Å². The number of carbonyl (C=O) groups excluding carboxylic acids is 1. The number of nitrogens with one attached hydrogen (secondary N) is 1. The maximum Gasteiger partial charge on any atom is 0.272 e. The van der Waals surface area contributed by atoms with Gasteiger partial charge in [-0.1, -0.05) is 6.07 Å².